The molecule has 9 aromatic rings. The average Bonchev–Trinajstić information content (AvgIpc) is 3.83. The van der Waals surface area contributed by atoms with Gasteiger partial charge in [-0.3, -0.25) is 4.98 Å². The van der Waals surface area contributed by atoms with Crippen molar-refractivity contribution in [3.63, 3.8) is 0 Å². The second-order valence-corrected chi connectivity index (χ2v) is 13.9. The summed E-state index contributed by atoms with van der Waals surface area (Å²) in [6.07, 6.45) is 1.79. The Kier molecular flexibility index (Phi) is 10.9. The van der Waals surface area contributed by atoms with Crippen molar-refractivity contribution in [2.45, 2.75) is 39.5 Å². The number of aromatic nitrogens is 2. The third kappa shape index (κ3) is 7.38. The van der Waals surface area contributed by atoms with Crippen LogP contribution in [0.15, 0.2) is 148 Å². The van der Waals surface area contributed by atoms with Gasteiger partial charge in [0.15, 0.2) is 0 Å². The molecule has 0 unspecified atom stereocenters. The Morgan fingerprint density at radius 1 is 0.655 bits per heavy atom. The standard InChI is InChI=1S/C38H29N2O2.C11H8N.Ir/c1-22(2)31-19-26(25-10-6-5-7-11-25)20-32(23(3)4)35(31)29-13-9-15-33-37(29)42-38(40-33)30-14-8-12-28-27-17-16-24(21-39)18-34(27)41-36(28)30;1-2-6-10(7-3-1)11-8-4-5-9-12-11;/h5-13,15-20,22-23H,1-4H3;1-6,8-9H;/q2*-1;. The van der Waals surface area contributed by atoms with Crippen molar-refractivity contribution in [3.05, 3.63) is 168 Å². The maximum Gasteiger partial charge on any atom is 0.149 e. The van der Waals surface area contributed by atoms with E-state index < -0.39 is 0 Å². The summed E-state index contributed by atoms with van der Waals surface area (Å²) in [5.74, 6) is 1.06. The molecule has 0 saturated carbocycles. The number of oxazole rings is 1. The second kappa shape index (κ2) is 16.1. The van der Waals surface area contributed by atoms with E-state index in [0.29, 0.717) is 40.0 Å². The zero-order valence-corrected chi connectivity index (χ0v) is 33.3. The van der Waals surface area contributed by atoms with E-state index in [0.717, 1.165) is 38.7 Å². The molecule has 271 valence electrons. The third-order valence-electron chi connectivity index (χ3n) is 9.66. The van der Waals surface area contributed by atoms with E-state index in [1.807, 2.05) is 66.7 Å². The Hall–Kier alpha value is -6.12. The van der Waals surface area contributed by atoms with E-state index >= 15 is 0 Å². The first-order chi connectivity index (χ1) is 26.4. The molecule has 0 aliphatic carbocycles. The van der Waals surface area contributed by atoms with E-state index in [-0.39, 0.29) is 20.1 Å². The number of pyridine rings is 1. The molecular formula is C49H37IrN3O2-2. The molecule has 0 spiro atoms. The van der Waals surface area contributed by atoms with Crippen LogP contribution in [0.25, 0.3) is 78.0 Å². The number of nitriles is 1. The molecule has 0 aliphatic rings. The maximum absolute atomic E-state index is 9.36. The van der Waals surface area contributed by atoms with Gasteiger partial charge >= 0.3 is 0 Å². The van der Waals surface area contributed by atoms with E-state index in [4.69, 9.17) is 13.8 Å². The van der Waals surface area contributed by atoms with Crippen LogP contribution in [0, 0.1) is 23.5 Å². The molecule has 0 saturated heterocycles. The molecule has 1 radical (unpaired) electrons. The second-order valence-electron chi connectivity index (χ2n) is 13.9. The summed E-state index contributed by atoms with van der Waals surface area (Å²) in [4.78, 5) is 9.14. The third-order valence-corrected chi connectivity index (χ3v) is 9.66. The SMILES string of the molecule is CC(C)c1cc(-c2ccccc2)cc(C(C)C)c1-c1cccc2nc(-c3[c-]ccc4c3oc3cc(C#N)ccc34)oc12.[Ir].[c-]1ccccc1-c1ccccn1. The normalized spacial score (nSPS) is 11.1. The largest absolute Gasteiger partial charge is 0.500 e. The smallest absolute Gasteiger partial charge is 0.149 e. The Labute approximate surface area is 334 Å². The maximum atomic E-state index is 9.36. The fourth-order valence-electron chi connectivity index (χ4n) is 7.00. The van der Waals surface area contributed by atoms with Gasteiger partial charge < -0.3 is 13.8 Å². The molecule has 6 aromatic carbocycles. The predicted octanol–water partition coefficient (Wildman–Crippen LogP) is 13.2. The first-order valence-corrected chi connectivity index (χ1v) is 18.2. The summed E-state index contributed by atoms with van der Waals surface area (Å²) >= 11 is 0. The van der Waals surface area contributed by atoms with Crippen LogP contribution in [-0.4, -0.2) is 9.97 Å². The van der Waals surface area contributed by atoms with Crippen molar-refractivity contribution < 1.29 is 28.9 Å². The van der Waals surface area contributed by atoms with Gasteiger partial charge in [-0.2, -0.15) is 5.26 Å². The van der Waals surface area contributed by atoms with E-state index in [9.17, 15) is 5.26 Å². The van der Waals surface area contributed by atoms with Crippen LogP contribution in [0.2, 0.25) is 0 Å². The number of hydrogen-bond acceptors (Lipinski definition) is 5. The first-order valence-electron chi connectivity index (χ1n) is 18.2. The van der Waals surface area contributed by atoms with Crippen LogP contribution in [0.5, 0.6) is 0 Å². The molecular weight excluding hydrogens is 855 g/mol. The summed E-state index contributed by atoms with van der Waals surface area (Å²) in [6, 6.07) is 53.1. The van der Waals surface area contributed by atoms with Crippen LogP contribution in [0.3, 0.4) is 0 Å². The quantitative estimate of drug-likeness (QED) is 0.155. The molecule has 0 aliphatic heterocycles. The van der Waals surface area contributed by atoms with Gasteiger partial charge in [0.2, 0.25) is 0 Å². The van der Waals surface area contributed by atoms with Crippen LogP contribution in [0.1, 0.15) is 56.2 Å². The fraction of sp³-hybridized carbons (Fsp3) is 0.122. The van der Waals surface area contributed by atoms with Gasteiger partial charge in [-0.25, -0.2) is 0 Å². The Bertz CT molecular complexity index is 2710. The Balaban J connectivity index is 0.000000305. The predicted molar refractivity (Wildman–Crippen MR) is 218 cm³/mol. The zero-order chi connectivity index (χ0) is 37.2. The minimum absolute atomic E-state index is 0. The fourth-order valence-corrected chi connectivity index (χ4v) is 7.00. The van der Waals surface area contributed by atoms with Crippen molar-refractivity contribution in [1.29, 1.82) is 5.26 Å². The minimum atomic E-state index is 0. The van der Waals surface area contributed by atoms with Gasteiger partial charge in [-0.05, 0) is 75.2 Å². The molecule has 3 aromatic heterocycles. The van der Waals surface area contributed by atoms with Gasteiger partial charge in [0.25, 0.3) is 0 Å². The summed E-state index contributed by atoms with van der Waals surface area (Å²) in [5, 5.41) is 11.2. The topological polar surface area (TPSA) is 75.8 Å². The van der Waals surface area contributed by atoms with E-state index in [2.05, 4.69) is 105 Å². The number of hydrogen-bond donors (Lipinski definition) is 0. The monoisotopic (exact) mass is 892 g/mol. The van der Waals surface area contributed by atoms with Crippen molar-refractivity contribution in [2.24, 2.45) is 0 Å². The van der Waals surface area contributed by atoms with Gasteiger partial charge in [-0.15, -0.1) is 54.1 Å². The minimum Gasteiger partial charge on any atom is -0.500 e. The van der Waals surface area contributed by atoms with Crippen LogP contribution >= 0.6 is 0 Å². The van der Waals surface area contributed by atoms with Crippen LogP contribution < -0.4 is 0 Å². The van der Waals surface area contributed by atoms with Crippen molar-refractivity contribution in [3.8, 4) is 51.0 Å². The Morgan fingerprint density at radius 3 is 2.11 bits per heavy atom. The Morgan fingerprint density at radius 2 is 1.42 bits per heavy atom. The summed E-state index contributed by atoms with van der Waals surface area (Å²) < 4.78 is 12.9. The molecule has 0 N–H and O–H groups in total. The average molecular weight is 892 g/mol. The van der Waals surface area contributed by atoms with Gasteiger partial charge in [0.1, 0.15) is 17.1 Å². The molecule has 9 rings (SSSR count). The molecule has 5 nitrogen and oxygen atoms in total. The number of nitrogens with zero attached hydrogens (tertiary/aromatic N) is 3. The van der Waals surface area contributed by atoms with Crippen molar-refractivity contribution in [2.75, 3.05) is 0 Å². The molecule has 0 bridgehead atoms. The number of para-hydroxylation sites is 1. The molecule has 0 amide bonds. The van der Waals surface area contributed by atoms with E-state index in [1.54, 1.807) is 18.3 Å². The first kappa shape index (κ1) is 37.2. The number of rotatable bonds is 6. The van der Waals surface area contributed by atoms with E-state index in [1.165, 1.54) is 27.8 Å². The number of benzene rings is 6. The zero-order valence-electron chi connectivity index (χ0n) is 30.9. The van der Waals surface area contributed by atoms with Crippen LogP contribution in [0.4, 0.5) is 0 Å². The molecule has 6 heteroatoms. The summed E-state index contributed by atoms with van der Waals surface area (Å²) in [6.45, 7) is 8.99. The molecule has 0 fully saturated rings. The van der Waals surface area contributed by atoms with Gasteiger partial charge in [-0.1, -0.05) is 106 Å². The summed E-state index contributed by atoms with van der Waals surface area (Å²) in [7, 11) is 0. The molecule has 3 heterocycles. The van der Waals surface area contributed by atoms with Crippen molar-refractivity contribution in [1.82, 2.24) is 9.97 Å². The molecule has 55 heavy (non-hydrogen) atoms. The van der Waals surface area contributed by atoms with Gasteiger partial charge in [0.05, 0.1) is 22.7 Å². The number of furan rings is 1. The summed E-state index contributed by atoms with van der Waals surface area (Å²) in [5.41, 5.74) is 13.3. The molecule has 0 atom stereocenters. The van der Waals surface area contributed by atoms with Gasteiger partial charge in [0, 0.05) is 37.3 Å². The van der Waals surface area contributed by atoms with Crippen molar-refractivity contribution >= 4 is 33.0 Å². The number of fused-ring (bicyclic) bond motifs is 4. The van der Waals surface area contributed by atoms with Crippen LogP contribution in [-0.2, 0) is 20.1 Å².